The van der Waals surface area contributed by atoms with E-state index >= 15 is 0 Å². The van der Waals surface area contributed by atoms with Crippen LogP contribution in [0.25, 0.3) is 0 Å². The molecule has 0 atom stereocenters. The molecule has 0 aromatic heterocycles. The summed E-state index contributed by atoms with van der Waals surface area (Å²) < 4.78 is 28.3. The molecule has 0 aliphatic rings. The highest BCUT2D eigenvalue weighted by Gasteiger charge is 2.05. The van der Waals surface area contributed by atoms with E-state index in [1.807, 2.05) is 31.2 Å². The van der Waals surface area contributed by atoms with Gasteiger partial charge in [-0.15, -0.1) is 0 Å². The van der Waals surface area contributed by atoms with Crippen LogP contribution in [-0.2, 0) is 11.3 Å². The van der Waals surface area contributed by atoms with Gasteiger partial charge in [0.1, 0.15) is 5.75 Å². The van der Waals surface area contributed by atoms with E-state index in [1.54, 1.807) is 12.1 Å². The Hall–Kier alpha value is -2.63. The van der Waals surface area contributed by atoms with E-state index < -0.39 is 6.61 Å². The average molecular weight is 320 g/mol. The van der Waals surface area contributed by atoms with Crippen LogP contribution >= 0.6 is 0 Å². The Morgan fingerprint density at radius 3 is 2.35 bits per heavy atom. The molecule has 2 aromatic rings. The maximum Gasteiger partial charge on any atom is 0.387 e. The molecule has 0 unspecified atom stereocenters. The normalized spacial score (nSPS) is 10.4. The topological polar surface area (TPSA) is 50.4 Å². The Balaban J connectivity index is 1.74. The van der Waals surface area contributed by atoms with Crippen molar-refractivity contribution in [2.45, 2.75) is 20.1 Å². The van der Waals surface area contributed by atoms with E-state index in [1.165, 1.54) is 17.7 Å². The molecule has 0 spiro atoms. The summed E-state index contributed by atoms with van der Waals surface area (Å²) in [6.07, 6.45) is 0. The molecular weight excluding hydrogens is 302 g/mol. The second-order valence-electron chi connectivity index (χ2n) is 5.02. The molecule has 122 valence electrons. The van der Waals surface area contributed by atoms with E-state index in [-0.39, 0.29) is 18.2 Å². The number of benzene rings is 2. The fraction of sp³-hybridized carbons (Fsp3) is 0.235. The second kappa shape index (κ2) is 8.12. The molecule has 0 heterocycles. The fourth-order valence-electron chi connectivity index (χ4n) is 1.91. The molecule has 0 fully saturated rings. The molecule has 2 aromatic carbocycles. The molecule has 0 aliphatic carbocycles. The zero-order valence-corrected chi connectivity index (χ0v) is 12.7. The lowest BCUT2D eigenvalue weighted by atomic mass is 10.1. The van der Waals surface area contributed by atoms with Gasteiger partial charge in [0, 0.05) is 12.2 Å². The molecule has 1 amide bonds. The predicted molar refractivity (Wildman–Crippen MR) is 84.6 cm³/mol. The van der Waals surface area contributed by atoms with Crippen LogP contribution in [0.2, 0.25) is 0 Å². The lowest BCUT2D eigenvalue weighted by Gasteiger charge is -2.09. The van der Waals surface area contributed by atoms with Crippen molar-refractivity contribution in [1.29, 1.82) is 0 Å². The lowest BCUT2D eigenvalue weighted by Crippen LogP contribution is -2.29. The lowest BCUT2D eigenvalue weighted by molar-refractivity contribution is -0.119. The highest BCUT2D eigenvalue weighted by atomic mass is 19.3. The molecule has 0 saturated carbocycles. The highest BCUT2D eigenvalue weighted by Crippen LogP contribution is 2.17. The first-order valence-corrected chi connectivity index (χ1v) is 7.14. The molecular formula is C17H18F2N2O2. The number of ether oxygens (including phenoxy) is 1. The van der Waals surface area contributed by atoms with Gasteiger partial charge in [0.2, 0.25) is 5.91 Å². The van der Waals surface area contributed by atoms with Crippen LogP contribution in [-0.4, -0.2) is 19.1 Å². The van der Waals surface area contributed by atoms with Crippen molar-refractivity contribution < 1.29 is 18.3 Å². The quantitative estimate of drug-likeness (QED) is 0.823. The van der Waals surface area contributed by atoms with Crippen molar-refractivity contribution in [3.63, 3.8) is 0 Å². The van der Waals surface area contributed by atoms with Crippen LogP contribution in [0.5, 0.6) is 5.75 Å². The maximum atomic E-state index is 12.0. The van der Waals surface area contributed by atoms with E-state index in [9.17, 15) is 13.6 Å². The number of hydrogen-bond acceptors (Lipinski definition) is 3. The summed E-state index contributed by atoms with van der Waals surface area (Å²) in [4.78, 5) is 11.8. The van der Waals surface area contributed by atoms with Crippen LogP contribution in [0.3, 0.4) is 0 Å². The molecule has 0 radical (unpaired) electrons. The van der Waals surface area contributed by atoms with Crippen molar-refractivity contribution in [3.05, 3.63) is 59.7 Å². The SMILES string of the molecule is Cc1ccc(CNC(=O)CNc2ccc(OC(F)F)cc2)cc1. The summed E-state index contributed by atoms with van der Waals surface area (Å²) >= 11 is 0. The number of hydrogen-bond donors (Lipinski definition) is 2. The Labute approximate surface area is 133 Å². The predicted octanol–water partition coefficient (Wildman–Crippen LogP) is 3.32. The first-order valence-electron chi connectivity index (χ1n) is 7.14. The van der Waals surface area contributed by atoms with Crippen molar-refractivity contribution >= 4 is 11.6 Å². The number of anilines is 1. The maximum absolute atomic E-state index is 12.0. The van der Waals surface area contributed by atoms with Crippen LogP contribution in [0.1, 0.15) is 11.1 Å². The van der Waals surface area contributed by atoms with Crippen LogP contribution in [0, 0.1) is 6.92 Å². The number of carbonyl (C=O) groups excluding carboxylic acids is 1. The van der Waals surface area contributed by atoms with Crippen molar-refractivity contribution in [1.82, 2.24) is 5.32 Å². The van der Waals surface area contributed by atoms with E-state index in [0.717, 1.165) is 5.56 Å². The van der Waals surface area contributed by atoms with Gasteiger partial charge < -0.3 is 15.4 Å². The number of amides is 1. The van der Waals surface area contributed by atoms with Crippen molar-refractivity contribution in [2.75, 3.05) is 11.9 Å². The minimum Gasteiger partial charge on any atom is -0.435 e. The Morgan fingerprint density at radius 1 is 1.09 bits per heavy atom. The molecule has 2 N–H and O–H groups in total. The number of halogens is 2. The van der Waals surface area contributed by atoms with Gasteiger partial charge in [0.25, 0.3) is 0 Å². The monoisotopic (exact) mass is 320 g/mol. The summed E-state index contributed by atoms with van der Waals surface area (Å²) in [5.74, 6) is -0.0761. The number of rotatable bonds is 7. The number of alkyl halides is 2. The third kappa shape index (κ3) is 5.94. The van der Waals surface area contributed by atoms with Gasteiger partial charge in [0.05, 0.1) is 6.54 Å². The van der Waals surface area contributed by atoms with E-state index in [2.05, 4.69) is 15.4 Å². The Bertz CT molecular complexity index is 628. The number of aryl methyl sites for hydroxylation is 1. The van der Waals surface area contributed by atoms with Gasteiger partial charge in [-0.1, -0.05) is 29.8 Å². The summed E-state index contributed by atoms with van der Waals surface area (Å²) in [7, 11) is 0. The minimum absolute atomic E-state index is 0.0781. The van der Waals surface area contributed by atoms with E-state index in [0.29, 0.717) is 12.2 Å². The summed E-state index contributed by atoms with van der Waals surface area (Å²) in [5, 5.41) is 5.72. The third-order valence-electron chi connectivity index (χ3n) is 3.14. The highest BCUT2D eigenvalue weighted by molar-refractivity contribution is 5.80. The first kappa shape index (κ1) is 16.7. The fourth-order valence-corrected chi connectivity index (χ4v) is 1.91. The Kier molecular flexibility index (Phi) is 5.91. The zero-order chi connectivity index (χ0) is 16.7. The molecule has 2 rings (SSSR count). The largest absolute Gasteiger partial charge is 0.435 e. The van der Waals surface area contributed by atoms with Gasteiger partial charge in [0.15, 0.2) is 0 Å². The summed E-state index contributed by atoms with van der Waals surface area (Å²) in [6, 6.07) is 13.9. The molecule has 23 heavy (non-hydrogen) atoms. The molecule has 0 aliphatic heterocycles. The average Bonchev–Trinajstić information content (AvgIpc) is 2.53. The van der Waals surface area contributed by atoms with Gasteiger partial charge in [-0.25, -0.2) is 0 Å². The number of carbonyl (C=O) groups is 1. The summed E-state index contributed by atoms with van der Waals surface area (Å²) in [6.45, 7) is -0.284. The van der Waals surface area contributed by atoms with Gasteiger partial charge in [-0.05, 0) is 36.8 Å². The van der Waals surface area contributed by atoms with E-state index in [4.69, 9.17) is 0 Å². The van der Waals surface area contributed by atoms with Crippen LogP contribution in [0.4, 0.5) is 14.5 Å². The first-order chi connectivity index (χ1) is 11.0. The molecule has 0 saturated heterocycles. The zero-order valence-electron chi connectivity index (χ0n) is 12.7. The second-order valence-corrected chi connectivity index (χ2v) is 5.02. The van der Waals surface area contributed by atoms with Crippen LogP contribution in [0.15, 0.2) is 48.5 Å². The third-order valence-corrected chi connectivity index (χ3v) is 3.14. The van der Waals surface area contributed by atoms with Crippen molar-refractivity contribution in [3.8, 4) is 5.75 Å². The van der Waals surface area contributed by atoms with Crippen molar-refractivity contribution in [2.24, 2.45) is 0 Å². The Morgan fingerprint density at radius 2 is 1.74 bits per heavy atom. The number of nitrogens with one attached hydrogen (secondary N) is 2. The standard InChI is InChI=1S/C17H18F2N2O2/c1-12-2-4-13(5-3-12)10-21-16(22)11-20-14-6-8-15(9-7-14)23-17(18)19/h2-9,17,20H,10-11H2,1H3,(H,21,22). The van der Waals surface area contributed by atoms with Gasteiger partial charge in [-0.3, -0.25) is 4.79 Å². The summed E-state index contributed by atoms with van der Waals surface area (Å²) in [5.41, 5.74) is 2.84. The van der Waals surface area contributed by atoms with Gasteiger partial charge in [-0.2, -0.15) is 8.78 Å². The smallest absolute Gasteiger partial charge is 0.387 e. The molecule has 6 heteroatoms. The molecule has 4 nitrogen and oxygen atoms in total. The van der Waals surface area contributed by atoms with Crippen LogP contribution < -0.4 is 15.4 Å². The molecule has 0 bridgehead atoms. The van der Waals surface area contributed by atoms with Gasteiger partial charge >= 0.3 is 6.61 Å². The minimum atomic E-state index is -2.85.